The number of carboxylic acids is 1. The van der Waals surface area contributed by atoms with Crippen LogP contribution in [0, 0.1) is 0 Å². The van der Waals surface area contributed by atoms with E-state index in [0.29, 0.717) is 25.2 Å². The van der Waals surface area contributed by atoms with Gasteiger partial charge in [-0.1, -0.05) is 50.2 Å². The summed E-state index contributed by atoms with van der Waals surface area (Å²) in [5.74, 6) is -3.90. The van der Waals surface area contributed by atoms with E-state index in [1.54, 1.807) is 25.1 Å². The zero-order chi connectivity index (χ0) is 21.0. The number of carbonyl (C=O) groups is 1. The molecule has 0 spiro atoms. The molecule has 0 atom stereocenters. The van der Waals surface area contributed by atoms with Crippen LogP contribution in [0.1, 0.15) is 54.3 Å². The molecule has 152 valence electrons. The summed E-state index contributed by atoms with van der Waals surface area (Å²) in [5, 5.41) is 13.2. The second kappa shape index (κ2) is 8.51. The second-order valence-corrected chi connectivity index (χ2v) is 6.90. The molecule has 0 aliphatic heterocycles. The fourth-order valence-corrected chi connectivity index (χ4v) is 3.15. The minimum atomic E-state index is -3.02. The molecule has 0 radical (unpaired) electrons. The predicted octanol–water partition coefficient (Wildman–Crippen LogP) is 5.15. The molecule has 0 aliphatic carbocycles. The maximum absolute atomic E-state index is 14.2. The van der Waals surface area contributed by atoms with Gasteiger partial charge in [-0.15, -0.1) is 5.10 Å². The molecule has 7 heteroatoms. The third-order valence-corrected chi connectivity index (χ3v) is 4.68. The number of aromatic nitrogens is 3. The topological polar surface area (TPSA) is 68.0 Å². The van der Waals surface area contributed by atoms with E-state index in [2.05, 4.69) is 10.1 Å². The fraction of sp³-hybridized carbons (Fsp3) is 0.318. The minimum absolute atomic E-state index is 0.224. The number of nitrogens with zero attached hydrogens (tertiary/aromatic N) is 3. The number of rotatable bonds is 8. The molecule has 0 aliphatic rings. The summed E-state index contributed by atoms with van der Waals surface area (Å²) >= 11 is 0. The monoisotopic (exact) mass is 399 g/mol. The van der Waals surface area contributed by atoms with E-state index >= 15 is 0 Å². The minimum Gasteiger partial charge on any atom is -0.478 e. The zero-order valence-corrected chi connectivity index (χ0v) is 16.4. The summed E-state index contributed by atoms with van der Waals surface area (Å²) in [7, 11) is 0. The highest BCUT2D eigenvalue weighted by Crippen LogP contribution is 2.30. The van der Waals surface area contributed by atoms with Crippen molar-refractivity contribution in [2.24, 2.45) is 0 Å². The van der Waals surface area contributed by atoms with Gasteiger partial charge in [0.05, 0.1) is 12.1 Å². The van der Waals surface area contributed by atoms with E-state index in [9.17, 15) is 13.6 Å². The number of benzene rings is 2. The van der Waals surface area contributed by atoms with Crippen molar-refractivity contribution in [3.8, 4) is 11.1 Å². The van der Waals surface area contributed by atoms with Gasteiger partial charge in [0, 0.05) is 12.8 Å². The van der Waals surface area contributed by atoms with Gasteiger partial charge in [-0.2, -0.15) is 8.78 Å². The summed E-state index contributed by atoms with van der Waals surface area (Å²) in [4.78, 5) is 15.2. The van der Waals surface area contributed by atoms with Crippen molar-refractivity contribution in [1.29, 1.82) is 0 Å². The van der Waals surface area contributed by atoms with Gasteiger partial charge in [-0.05, 0) is 35.2 Å². The molecule has 0 bridgehead atoms. The molecular weight excluding hydrogens is 376 g/mol. The molecule has 5 nitrogen and oxygen atoms in total. The van der Waals surface area contributed by atoms with Gasteiger partial charge in [0.1, 0.15) is 5.82 Å². The summed E-state index contributed by atoms with van der Waals surface area (Å²) in [6.07, 6.45) is 0.590. The molecule has 1 N–H and O–H groups in total. The highest BCUT2D eigenvalue weighted by atomic mass is 19.3. The molecule has 1 heterocycles. The zero-order valence-electron chi connectivity index (χ0n) is 16.4. The number of halogens is 2. The van der Waals surface area contributed by atoms with E-state index in [1.165, 1.54) is 4.68 Å². The lowest BCUT2D eigenvalue weighted by Gasteiger charge is -2.10. The second-order valence-electron chi connectivity index (χ2n) is 6.90. The quantitative estimate of drug-likeness (QED) is 0.569. The molecular formula is C22H23F2N3O2. The van der Waals surface area contributed by atoms with Crippen LogP contribution in [0.25, 0.3) is 11.1 Å². The third kappa shape index (κ3) is 4.67. The van der Waals surface area contributed by atoms with Gasteiger partial charge in [-0.25, -0.2) is 14.5 Å². The maximum atomic E-state index is 14.2. The molecule has 0 unspecified atom stereocenters. The van der Waals surface area contributed by atoms with Gasteiger partial charge < -0.3 is 5.11 Å². The summed E-state index contributed by atoms with van der Waals surface area (Å²) < 4.78 is 29.9. The summed E-state index contributed by atoms with van der Waals surface area (Å²) in [6.45, 7) is 3.91. The van der Waals surface area contributed by atoms with Crippen molar-refractivity contribution >= 4 is 5.97 Å². The van der Waals surface area contributed by atoms with Crippen LogP contribution in [0.3, 0.4) is 0 Å². The molecule has 2 aromatic carbocycles. The van der Waals surface area contributed by atoms with Crippen molar-refractivity contribution in [2.45, 2.75) is 45.6 Å². The van der Waals surface area contributed by atoms with Crippen LogP contribution in [0.5, 0.6) is 0 Å². The Labute approximate surface area is 168 Å². The Morgan fingerprint density at radius 2 is 1.83 bits per heavy atom. The number of alkyl halides is 2. The molecule has 0 saturated carbocycles. The van der Waals surface area contributed by atoms with Crippen LogP contribution in [0.2, 0.25) is 0 Å². The highest BCUT2D eigenvalue weighted by Gasteiger charge is 2.35. The van der Waals surface area contributed by atoms with Crippen molar-refractivity contribution in [3.63, 3.8) is 0 Å². The predicted molar refractivity (Wildman–Crippen MR) is 106 cm³/mol. The van der Waals surface area contributed by atoms with Gasteiger partial charge in [0.25, 0.3) is 0 Å². The van der Waals surface area contributed by atoms with Gasteiger partial charge >= 0.3 is 11.9 Å². The Morgan fingerprint density at radius 1 is 1.10 bits per heavy atom. The highest BCUT2D eigenvalue weighted by molar-refractivity contribution is 5.89. The lowest BCUT2D eigenvalue weighted by molar-refractivity contribution is -0.0232. The van der Waals surface area contributed by atoms with Gasteiger partial charge in [-0.3, -0.25) is 0 Å². The average molecular weight is 399 g/mol. The smallest absolute Gasteiger partial charge is 0.335 e. The number of aryl methyl sites for hydroxylation is 1. The van der Waals surface area contributed by atoms with Gasteiger partial charge in [0.15, 0.2) is 0 Å². The Morgan fingerprint density at radius 3 is 2.45 bits per heavy atom. The summed E-state index contributed by atoms with van der Waals surface area (Å²) in [5.41, 5.74) is 2.80. The number of aromatic carboxylic acids is 1. The van der Waals surface area contributed by atoms with Gasteiger partial charge in [0.2, 0.25) is 5.82 Å². The van der Waals surface area contributed by atoms with Crippen molar-refractivity contribution in [2.75, 3.05) is 0 Å². The van der Waals surface area contributed by atoms with Crippen LogP contribution in [0.15, 0.2) is 48.5 Å². The maximum Gasteiger partial charge on any atom is 0.335 e. The standard InChI is InChI=1S/C22H23F2N3O2/c1-3-12-22(23,24)21-25-19(4-2)27(26-21)14-15-8-10-16(11-9-15)17-6-5-7-18(13-17)20(28)29/h5-11,13H,3-4,12,14H2,1-2H3,(H,28,29). The SMILES string of the molecule is CCCC(F)(F)c1nc(CC)n(Cc2ccc(-c3cccc(C(=O)O)c3)cc2)n1. The molecule has 3 aromatic rings. The van der Waals surface area contributed by atoms with Crippen LogP contribution >= 0.6 is 0 Å². The molecule has 0 amide bonds. The van der Waals surface area contributed by atoms with Crippen LogP contribution in [0.4, 0.5) is 8.78 Å². The lowest BCUT2D eigenvalue weighted by atomic mass is 10.0. The van der Waals surface area contributed by atoms with Crippen LogP contribution in [-0.2, 0) is 18.9 Å². The van der Waals surface area contributed by atoms with Crippen LogP contribution in [-0.4, -0.2) is 25.8 Å². The first-order valence-electron chi connectivity index (χ1n) is 9.58. The van der Waals surface area contributed by atoms with E-state index in [4.69, 9.17) is 5.11 Å². The molecule has 0 fully saturated rings. The van der Waals surface area contributed by atoms with E-state index < -0.39 is 17.7 Å². The van der Waals surface area contributed by atoms with Crippen molar-refractivity contribution in [1.82, 2.24) is 14.8 Å². The Kier molecular flexibility index (Phi) is 6.06. The van der Waals surface area contributed by atoms with E-state index in [-0.39, 0.29) is 12.0 Å². The molecule has 0 saturated heterocycles. The van der Waals surface area contributed by atoms with E-state index in [0.717, 1.165) is 16.7 Å². The normalized spacial score (nSPS) is 11.6. The largest absolute Gasteiger partial charge is 0.478 e. The van der Waals surface area contributed by atoms with Crippen molar-refractivity contribution < 1.29 is 18.7 Å². The Bertz CT molecular complexity index is 998. The molecule has 29 heavy (non-hydrogen) atoms. The molecule has 3 rings (SSSR count). The number of hydrogen-bond acceptors (Lipinski definition) is 3. The van der Waals surface area contributed by atoms with Crippen molar-refractivity contribution in [3.05, 3.63) is 71.3 Å². The molecule has 1 aromatic heterocycles. The Balaban J connectivity index is 1.82. The Hall–Kier alpha value is -3.09. The first-order chi connectivity index (χ1) is 13.8. The third-order valence-electron chi connectivity index (χ3n) is 4.68. The fourth-order valence-electron chi connectivity index (χ4n) is 3.15. The first-order valence-corrected chi connectivity index (χ1v) is 9.58. The average Bonchev–Trinajstić information content (AvgIpc) is 3.12. The lowest BCUT2D eigenvalue weighted by Crippen LogP contribution is -2.15. The van der Waals surface area contributed by atoms with Crippen LogP contribution < -0.4 is 0 Å². The summed E-state index contributed by atoms with van der Waals surface area (Å²) in [6, 6.07) is 14.2. The number of carboxylic acid groups (broad SMARTS) is 1. The van der Waals surface area contributed by atoms with E-state index in [1.807, 2.05) is 37.3 Å². The first kappa shape index (κ1) is 20.6. The number of hydrogen-bond donors (Lipinski definition) is 1.